The molecule has 7 nitrogen and oxygen atoms in total. The van der Waals surface area contributed by atoms with Gasteiger partial charge in [0.1, 0.15) is 11.4 Å². The molecular weight excluding hydrogens is 262 g/mol. The Kier molecular flexibility index (Phi) is 3.60. The van der Waals surface area contributed by atoms with E-state index >= 15 is 0 Å². The predicted molar refractivity (Wildman–Crippen MR) is 64.1 cm³/mol. The van der Waals surface area contributed by atoms with Crippen molar-refractivity contribution in [1.29, 1.82) is 0 Å². The largest absolute Gasteiger partial charge is 0.229 e. The monoisotopic (exact) mass is 273 g/mol. The molecule has 0 unspecified atom stereocenters. The number of aromatic nitrogens is 4. The lowest BCUT2D eigenvalue weighted by molar-refractivity contribution is 0.596. The summed E-state index contributed by atoms with van der Waals surface area (Å²) < 4.78 is 22.9. The summed E-state index contributed by atoms with van der Waals surface area (Å²) in [5.41, 5.74) is 0.680. The van der Waals surface area contributed by atoms with E-state index in [0.717, 1.165) is 5.03 Å². The molecule has 0 radical (unpaired) electrons. The topological polar surface area (TPSA) is 103 Å². The number of rotatable bonds is 5. The zero-order valence-electron chi connectivity index (χ0n) is 8.85. The number of nitrogens with zero attached hydrogens (tertiary/aromatic N) is 4. The lowest BCUT2D eigenvalue weighted by Gasteiger charge is -2.00. The van der Waals surface area contributed by atoms with Gasteiger partial charge in [-0.15, -0.1) is 26.6 Å². The van der Waals surface area contributed by atoms with Gasteiger partial charge in [-0.1, -0.05) is 0 Å². The van der Waals surface area contributed by atoms with Crippen molar-refractivity contribution < 1.29 is 8.42 Å². The molecule has 0 bridgehead atoms. The van der Waals surface area contributed by atoms with Crippen LogP contribution in [0.5, 0.6) is 0 Å². The third-order valence-electron chi connectivity index (χ3n) is 1.95. The van der Waals surface area contributed by atoms with E-state index in [2.05, 4.69) is 15.2 Å². The van der Waals surface area contributed by atoms with E-state index in [9.17, 15) is 8.42 Å². The minimum atomic E-state index is -3.37. The molecule has 0 spiro atoms. The van der Waals surface area contributed by atoms with Crippen molar-refractivity contribution in [3.8, 4) is 0 Å². The summed E-state index contributed by atoms with van der Waals surface area (Å²) in [6.07, 6.45) is 1.93. The molecule has 0 saturated heterocycles. The molecule has 0 aromatic carbocycles. The maximum atomic E-state index is 10.7. The zero-order chi connectivity index (χ0) is 12.3. The highest BCUT2D eigenvalue weighted by molar-refractivity contribution is 7.99. The summed E-state index contributed by atoms with van der Waals surface area (Å²) in [6.45, 7) is 0. The molecular formula is C8H11N5O2S2. The lowest BCUT2D eigenvalue weighted by Crippen LogP contribution is -2.16. The average molecular weight is 273 g/mol. The van der Waals surface area contributed by atoms with Crippen molar-refractivity contribution in [1.82, 2.24) is 19.8 Å². The average Bonchev–Trinajstić information content (AvgIpc) is 2.70. The number of sulfonamides is 1. The van der Waals surface area contributed by atoms with Crippen LogP contribution in [0.4, 0.5) is 0 Å². The van der Waals surface area contributed by atoms with Gasteiger partial charge in [-0.2, -0.15) is 0 Å². The minimum Gasteiger partial charge on any atom is -0.229 e. The van der Waals surface area contributed by atoms with E-state index in [1.165, 1.54) is 22.7 Å². The molecule has 2 heterocycles. The highest BCUT2D eigenvalue weighted by Crippen LogP contribution is 2.15. The van der Waals surface area contributed by atoms with E-state index in [1.54, 1.807) is 0 Å². The van der Waals surface area contributed by atoms with E-state index in [-0.39, 0.29) is 5.75 Å². The SMILES string of the molecule is NS(=O)(=O)CCCSc1ccc2ncnn2n1. The van der Waals surface area contributed by atoms with E-state index in [4.69, 9.17) is 5.14 Å². The molecule has 2 N–H and O–H groups in total. The number of thioether (sulfide) groups is 1. The second kappa shape index (κ2) is 4.98. The number of nitrogens with two attached hydrogens (primary N) is 1. The van der Waals surface area contributed by atoms with Gasteiger partial charge < -0.3 is 0 Å². The second-order valence-electron chi connectivity index (χ2n) is 3.35. The highest BCUT2D eigenvalue weighted by Gasteiger charge is 2.04. The Hall–Kier alpha value is -1.19. The molecule has 0 saturated carbocycles. The molecule has 9 heteroatoms. The van der Waals surface area contributed by atoms with Crippen molar-refractivity contribution in [2.45, 2.75) is 11.4 Å². The molecule has 0 aliphatic carbocycles. The van der Waals surface area contributed by atoms with Gasteiger partial charge in [-0.25, -0.2) is 18.5 Å². The first-order valence-corrected chi connectivity index (χ1v) is 7.55. The predicted octanol–water partition coefficient (Wildman–Crippen LogP) is -0.105. The van der Waals surface area contributed by atoms with Crippen LogP contribution < -0.4 is 5.14 Å². The van der Waals surface area contributed by atoms with Crippen molar-refractivity contribution in [3.63, 3.8) is 0 Å². The fraction of sp³-hybridized carbons (Fsp3) is 0.375. The summed E-state index contributed by atoms with van der Waals surface area (Å²) in [6, 6.07) is 3.63. The van der Waals surface area contributed by atoms with Gasteiger partial charge in [-0.3, -0.25) is 0 Å². The van der Waals surface area contributed by atoms with Crippen LogP contribution in [0.3, 0.4) is 0 Å². The van der Waals surface area contributed by atoms with Gasteiger partial charge in [0.2, 0.25) is 10.0 Å². The number of hydrogen-bond donors (Lipinski definition) is 1. The van der Waals surface area contributed by atoms with Gasteiger partial charge in [-0.05, 0) is 18.6 Å². The van der Waals surface area contributed by atoms with Crippen LogP contribution in [0.15, 0.2) is 23.5 Å². The number of hydrogen-bond acceptors (Lipinski definition) is 6. The highest BCUT2D eigenvalue weighted by atomic mass is 32.2. The molecule has 2 rings (SSSR count). The molecule has 0 aliphatic heterocycles. The molecule has 0 amide bonds. The lowest BCUT2D eigenvalue weighted by atomic mass is 10.6. The Morgan fingerprint density at radius 3 is 3.00 bits per heavy atom. The van der Waals surface area contributed by atoms with Crippen LogP contribution in [0, 0.1) is 0 Å². The van der Waals surface area contributed by atoms with Crippen LogP contribution >= 0.6 is 11.8 Å². The van der Waals surface area contributed by atoms with Gasteiger partial charge in [0, 0.05) is 5.75 Å². The van der Waals surface area contributed by atoms with Crippen LogP contribution in [-0.4, -0.2) is 39.7 Å². The van der Waals surface area contributed by atoms with Crippen LogP contribution in [0.25, 0.3) is 5.65 Å². The van der Waals surface area contributed by atoms with E-state index in [1.807, 2.05) is 12.1 Å². The molecule has 2 aromatic heterocycles. The van der Waals surface area contributed by atoms with Gasteiger partial charge in [0.25, 0.3) is 0 Å². The quantitative estimate of drug-likeness (QED) is 0.602. The molecule has 17 heavy (non-hydrogen) atoms. The molecule has 0 fully saturated rings. The fourth-order valence-corrected chi connectivity index (χ4v) is 2.74. The zero-order valence-corrected chi connectivity index (χ0v) is 10.5. The Morgan fingerprint density at radius 1 is 1.41 bits per heavy atom. The van der Waals surface area contributed by atoms with E-state index < -0.39 is 10.0 Å². The summed E-state index contributed by atoms with van der Waals surface area (Å²) in [7, 11) is -3.37. The van der Waals surface area contributed by atoms with Crippen LogP contribution in [0.1, 0.15) is 6.42 Å². The van der Waals surface area contributed by atoms with Crippen molar-refractivity contribution in [2.75, 3.05) is 11.5 Å². The first-order chi connectivity index (χ1) is 8.04. The third kappa shape index (κ3) is 3.65. The first-order valence-electron chi connectivity index (χ1n) is 4.85. The van der Waals surface area contributed by atoms with E-state index in [0.29, 0.717) is 17.8 Å². The molecule has 2 aromatic rings. The summed E-state index contributed by atoms with van der Waals surface area (Å²) in [5, 5.41) is 13.8. The fourth-order valence-electron chi connectivity index (χ4n) is 1.22. The maximum absolute atomic E-state index is 10.7. The number of primary sulfonamides is 1. The molecule has 92 valence electrons. The number of fused-ring (bicyclic) bond motifs is 1. The maximum Gasteiger partial charge on any atom is 0.209 e. The Labute approximate surface area is 102 Å². The summed E-state index contributed by atoms with van der Waals surface area (Å²) in [5.74, 6) is 0.634. The first kappa shape index (κ1) is 12.3. The second-order valence-corrected chi connectivity index (χ2v) is 6.20. The molecule has 0 atom stereocenters. The Morgan fingerprint density at radius 2 is 2.24 bits per heavy atom. The normalized spacial score (nSPS) is 12.1. The van der Waals surface area contributed by atoms with Crippen molar-refractivity contribution in [2.24, 2.45) is 5.14 Å². The van der Waals surface area contributed by atoms with Crippen LogP contribution in [-0.2, 0) is 10.0 Å². The minimum absolute atomic E-state index is 0.00836. The van der Waals surface area contributed by atoms with Gasteiger partial charge in [0.15, 0.2) is 5.65 Å². The van der Waals surface area contributed by atoms with Crippen molar-refractivity contribution >= 4 is 27.4 Å². The van der Waals surface area contributed by atoms with Crippen molar-refractivity contribution in [3.05, 3.63) is 18.5 Å². The summed E-state index contributed by atoms with van der Waals surface area (Å²) >= 11 is 1.46. The third-order valence-corrected chi connectivity index (χ3v) is 3.81. The van der Waals surface area contributed by atoms with Crippen LogP contribution in [0.2, 0.25) is 0 Å². The summed E-state index contributed by atoms with van der Waals surface area (Å²) in [4.78, 5) is 3.97. The Bertz CT molecular complexity index is 609. The van der Waals surface area contributed by atoms with Gasteiger partial charge >= 0.3 is 0 Å². The smallest absolute Gasteiger partial charge is 0.209 e. The van der Waals surface area contributed by atoms with Gasteiger partial charge in [0.05, 0.1) is 5.75 Å². The molecule has 0 aliphatic rings. The standard InChI is InChI=1S/C8H11N5O2S2/c9-17(14,15)5-1-4-16-8-3-2-7-10-6-11-13(7)12-8/h2-3,6H,1,4-5H2,(H2,9,14,15). The Balaban J connectivity index is 1.90.